The van der Waals surface area contributed by atoms with Crippen molar-refractivity contribution >= 4 is 29.4 Å². The number of nitrogens with zero attached hydrogens (tertiary/aromatic N) is 1. The third-order valence-corrected chi connectivity index (χ3v) is 7.17. The number of aliphatic carboxylic acids is 1. The molecule has 0 aliphatic carbocycles. The molecular formula is C35H34F5N5O9. The lowest BCUT2D eigenvalue weighted by atomic mass is 10.1. The highest BCUT2D eigenvalue weighted by Crippen LogP contribution is 2.37. The fourth-order valence-corrected chi connectivity index (χ4v) is 4.40. The van der Waals surface area contributed by atoms with Crippen LogP contribution in [0.2, 0.25) is 0 Å². The van der Waals surface area contributed by atoms with Crippen molar-refractivity contribution in [1.82, 2.24) is 10.3 Å². The largest absolute Gasteiger partial charge is 0.490 e. The monoisotopic (exact) mass is 763 g/mol. The number of ether oxygens (including phenoxy) is 2. The third-order valence-electron chi connectivity index (χ3n) is 7.17. The molecule has 0 saturated carbocycles. The Kier molecular flexibility index (Phi) is 14.8. The maximum Gasteiger partial charge on any atom is 0.490 e. The summed E-state index contributed by atoms with van der Waals surface area (Å²) in [5.74, 6) is -9.78. The van der Waals surface area contributed by atoms with E-state index < -0.39 is 89.7 Å². The van der Waals surface area contributed by atoms with Crippen molar-refractivity contribution in [3.63, 3.8) is 0 Å². The van der Waals surface area contributed by atoms with E-state index in [4.69, 9.17) is 30.5 Å². The van der Waals surface area contributed by atoms with Crippen LogP contribution in [0.15, 0.2) is 72.8 Å². The second-order valence-electron chi connectivity index (χ2n) is 11.3. The fourth-order valence-electron chi connectivity index (χ4n) is 4.40. The molecule has 54 heavy (non-hydrogen) atoms. The molecule has 288 valence electrons. The average Bonchev–Trinajstić information content (AvgIpc) is 3.13. The number of aliphatic hydroxyl groups is 2. The molecule has 1 aromatic heterocycles. The van der Waals surface area contributed by atoms with Crippen LogP contribution in [0, 0.1) is 17.0 Å². The number of nitrogen functional groups attached to an aromatic ring is 1. The molecule has 19 heteroatoms. The summed E-state index contributed by atoms with van der Waals surface area (Å²) in [6, 6.07) is 17.1. The number of aromatic carboxylic acids is 1. The van der Waals surface area contributed by atoms with Crippen LogP contribution in [0.1, 0.15) is 45.2 Å². The number of carbonyl (C=O) groups is 3. The van der Waals surface area contributed by atoms with E-state index >= 15 is 8.78 Å². The van der Waals surface area contributed by atoms with E-state index in [1.807, 2.05) is 30.3 Å². The van der Waals surface area contributed by atoms with E-state index in [9.17, 15) is 38.1 Å². The van der Waals surface area contributed by atoms with Crippen LogP contribution in [0.3, 0.4) is 0 Å². The number of carboxylic acids is 2. The van der Waals surface area contributed by atoms with Crippen LogP contribution in [0.5, 0.6) is 23.3 Å². The van der Waals surface area contributed by atoms with Crippen LogP contribution >= 0.6 is 0 Å². The van der Waals surface area contributed by atoms with Crippen molar-refractivity contribution < 1.29 is 66.2 Å². The van der Waals surface area contributed by atoms with Crippen LogP contribution in [0.25, 0.3) is 0 Å². The molecule has 0 spiro atoms. The summed E-state index contributed by atoms with van der Waals surface area (Å²) in [5.41, 5.74) is 5.50. The molecule has 1 amide bonds. The molecule has 4 rings (SSSR count). The molecule has 0 aliphatic heterocycles. The minimum Gasteiger partial charge on any atom is -0.478 e. The summed E-state index contributed by atoms with van der Waals surface area (Å²) in [6.45, 7) is 0.606. The summed E-state index contributed by atoms with van der Waals surface area (Å²) >= 11 is 0. The highest BCUT2D eigenvalue weighted by molar-refractivity contribution is 5.99. The number of alkyl halides is 3. The van der Waals surface area contributed by atoms with Gasteiger partial charge in [-0.15, -0.1) is 0 Å². The Labute approximate surface area is 303 Å². The number of nitrogens with one attached hydrogen (secondary N) is 3. The zero-order chi connectivity index (χ0) is 40.2. The van der Waals surface area contributed by atoms with Gasteiger partial charge in [-0.2, -0.15) is 26.9 Å². The van der Waals surface area contributed by atoms with Crippen molar-refractivity contribution in [2.24, 2.45) is 5.73 Å². The van der Waals surface area contributed by atoms with Crippen molar-refractivity contribution in [3.8, 4) is 23.3 Å². The highest BCUT2D eigenvalue weighted by Gasteiger charge is 2.38. The van der Waals surface area contributed by atoms with E-state index in [1.54, 1.807) is 6.92 Å². The number of anilines is 1. The number of hydrogen-bond acceptors (Lipinski definition) is 10. The van der Waals surface area contributed by atoms with Gasteiger partial charge in [0.15, 0.2) is 0 Å². The van der Waals surface area contributed by atoms with E-state index in [0.717, 1.165) is 17.7 Å². The number of pyridine rings is 1. The number of aryl methyl sites for hydroxylation is 1. The summed E-state index contributed by atoms with van der Waals surface area (Å²) in [7, 11) is 0. The molecule has 0 fully saturated rings. The highest BCUT2D eigenvalue weighted by atomic mass is 19.4. The Bertz CT molecular complexity index is 1960. The van der Waals surface area contributed by atoms with Crippen LogP contribution in [-0.2, 0) is 11.2 Å². The topological polar surface area (TPSA) is 237 Å². The summed E-state index contributed by atoms with van der Waals surface area (Å²) in [4.78, 5) is 37.5. The predicted molar refractivity (Wildman–Crippen MR) is 182 cm³/mol. The predicted octanol–water partition coefficient (Wildman–Crippen LogP) is 5.08. The lowest BCUT2D eigenvalue weighted by molar-refractivity contribution is -0.192. The molecule has 0 aliphatic rings. The average molecular weight is 764 g/mol. The van der Waals surface area contributed by atoms with E-state index in [0.29, 0.717) is 12.8 Å². The molecule has 1 unspecified atom stereocenters. The van der Waals surface area contributed by atoms with Gasteiger partial charge < -0.3 is 46.3 Å². The van der Waals surface area contributed by atoms with Gasteiger partial charge in [-0.05, 0) is 55.7 Å². The molecule has 4 aromatic rings. The number of carboxylic acid groups (broad SMARTS) is 2. The van der Waals surface area contributed by atoms with Gasteiger partial charge in [0.2, 0.25) is 11.6 Å². The van der Waals surface area contributed by atoms with Crippen molar-refractivity contribution in [2.45, 2.75) is 38.0 Å². The number of hydrogen-bond donors (Lipinski definition) is 8. The van der Waals surface area contributed by atoms with Crippen molar-refractivity contribution in [3.05, 3.63) is 107 Å². The second kappa shape index (κ2) is 18.9. The quantitative estimate of drug-likeness (QED) is 0.0450. The normalized spacial score (nSPS) is 11.5. The first-order valence-electron chi connectivity index (χ1n) is 15.6. The number of aliphatic hydroxyl groups excluding tert-OH is 2. The molecule has 1 atom stereocenters. The summed E-state index contributed by atoms with van der Waals surface area (Å²) in [6.07, 6.45) is -3.99. The van der Waals surface area contributed by atoms with Crippen molar-refractivity contribution in [2.75, 3.05) is 18.5 Å². The molecular weight excluding hydrogens is 729 g/mol. The molecule has 0 bridgehead atoms. The number of benzene rings is 3. The first-order valence-corrected chi connectivity index (χ1v) is 15.6. The van der Waals surface area contributed by atoms with Crippen LogP contribution < -0.4 is 25.8 Å². The summed E-state index contributed by atoms with van der Waals surface area (Å²) < 4.78 is 74.7. The van der Waals surface area contributed by atoms with Gasteiger partial charge in [-0.25, -0.2) is 9.59 Å². The van der Waals surface area contributed by atoms with Gasteiger partial charge in [-0.3, -0.25) is 10.2 Å². The zero-order valence-electron chi connectivity index (χ0n) is 28.2. The molecule has 3 aromatic carbocycles. The maximum absolute atomic E-state index is 15.9. The first-order chi connectivity index (χ1) is 25.4. The Morgan fingerprint density at radius 3 is 2.06 bits per heavy atom. The van der Waals surface area contributed by atoms with E-state index in [2.05, 4.69) is 15.6 Å². The number of nitrogens with two attached hydrogens (primary N) is 1. The number of aromatic nitrogens is 1. The van der Waals surface area contributed by atoms with Gasteiger partial charge in [-0.1, -0.05) is 42.5 Å². The summed E-state index contributed by atoms with van der Waals surface area (Å²) in [5, 5.41) is 48.3. The molecule has 14 nitrogen and oxygen atoms in total. The Morgan fingerprint density at radius 1 is 0.889 bits per heavy atom. The molecule has 9 N–H and O–H groups in total. The molecule has 0 saturated heterocycles. The molecule has 0 radical (unpaired) electrons. The van der Waals surface area contributed by atoms with Gasteiger partial charge in [0, 0.05) is 17.2 Å². The SMILES string of the molecule is CC(CCc1ccccc1)Nc1c(F)c(Oc2cccc(C(=N)N)c2)nc(Oc2ccc(C(=O)NC(CO)CO)cc2C(=O)O)c1F.O=C(O)C(F)(F)F. The zero-order valence-corrected chi connectivity index (χ0v) is 28.2. The third kappa shape index (κ3) is 11.9. The fraction of sp³-hybridized carbons (Fsp3) is 0.229. The number of amides is 1. The van der Waals surface area contributed by atoms with Crippen LogP contribution in [-0.4, -0.2) is 80.6 Å². The number of halogens is 5. The number of amidine groups is 1. The Morgan fingerprint density at radius 2 is 1.50 bits per heavy atom. The van der Waals surface area contributed by atoms with E-state index in [-0.39, 0.29) is 22.7 Å². The number of carbonyl (C=O) groups excluding carboxylic acids is 1. The maximum atomic E-state index is 15.9. The standard InChI is InChI=1S/C33H33F2N5O7.C2HF3O2/c1-18(10-11-19-6-3-2-4-7-19)38-28-26(34)31(46-23-9-5-8-20(14-23)29(36)37)40-32(27(28)35)47-25-13-12-21(15-24(25)33(44)45)30(43)39-22(16-41)17-42;3-2(4,5)1(6)7/h2-9,12-15,18,22,41-42H,10-11,16-17H2,1H3,(H3,36,37)(H,38,40)(H,39,43)(H,44,45);(H,6,7). The minimum atomic E-state index is -5.08. The van der Waals surface area contributed by atoms with Gasteiger partial charge in [0.25, 0.3) is 17.7 Å². The van der Waals surface area contributed by atoms with Gasteiger partial charge in [0.1, 0.15) is 28.6 Å². The van der Waals surface area contributed by atoms with Gasteiger partial charge >= 0.3 is 18.1 Å². The van der Waals surface area contributed by atoms with Crippen molar-refractivity contribution in [1.29, 1.82) is 5.41 Å². The minimum absolute atomic E-state index is 0.0235. The van der Waals surface area contributed by atoms with Crippen LogP contribution in [0.4, 0.5) is 27.6 Å². The number of rotatable bonds is 15. The van der Waals surface area contributed by atoms with E-state index in [1.165, 1.54) is 30.3 Å². The lowest BCUT2D eigenvalue weighted by Crippen LogP contribution is -2.40. The molecule has 1 heterocycles. The Balaban J connectivity index is 0.00000102. The smallest absolute Gasteiger partial charge is 0.478 e. The first kappa shape index (κ1) is 42.1. The lowest BCUT2D eigenvalue weighted by Gasteiger charge is -2.19. The van der Waals surface area contributed by atoms with Gasteiger partial charge in [0.05, 0.1) is 19.3 Å². The second-order valence-corrected chi connectivity index (χ2v) is 11.3. The Hall–Kier alpha value is -6.34.